The minimum atomic E-state index is -0.0325. The first-order chi connectivity index (χ1) is 8.08. The molecule has 0 saturated heterocycles. The van der Waals surface area contributed by atoms with Crippen LogP contribution in [-0.2, 0) is 0 Å². The Hall–Kier alpha value is -1.60. The minimum Gasteiger partial charge on any atom is -0.320 e. The molecule has 0 bridgehead atoms. The molecule has 0 aliphatic rings. The monoisotopic (exact) mass is 225 g/mol. The van der Waals surface area contributed by atoms with Crippen LogP contribution in [0.25, 0.3) is 0 Å². The Balaban J connectivity index is 2.33. The average Bonchev–Trinajstić information content (AvgIpc) is 2.33. The zero-order valence-electron chi connectivity index (χ0n) is 10.7. The summed E-state index contributed by atoms with van der Waals surface area (Å²) in [7, 11) is 0. The molecule has 0 fully saturated rings. The van der Waals surface area contributed by atoms with E-state index in [1.807, 2.05) is 0 Å². The molecule has 0 aliphatic carbocycles. The maximum Gasteiger partial charge on any atom is 0.0551 e. The van der Waals surface area contributed by atoms with E-state index in [4.69, 9.17) is 5.73 Å². The smallest absolute Gasteiger partial charge is 0.0551 e. The van der Waals surface area contributed by atoms with E-state index >= 15 is 0 Å². The van der Waals surface area contributed by atoms with Crippen LogP contribution in [0, 0.1) is 20.8 Å². The fourth-order valence-corrected chi connectivity index (χ4v) is 1.92. The van der Waals surface area contributed by atoms with Crippen molar-refractivity contribution in [2.45, 2.75) is 26.8 Å². The fraction of sp³-hybridized carbons (Fsp3) is 0.250. The highest BCUT2D eigenvalue weighted by Crippen LogP contribution is 2.22. The van der Waals surface area contributed by atoms with Crippen molar-refractivity contribution in [3.05, 3.63) is 70.3 Å². The molecule has 88 valence electrons. The molecule has 17 heavy (non-hydrogen) atoms. The second-order valence-electron chi connectivity index (χ2n) is 4.73. The van der Waals surface area contributed by atoms with Crippen molar-refractivity contribution >= 4 is 0 Å². The largest absolute Gasteiger partial charge is 0.320 e. The molecule has 0 saturated carbocycles. The highest BCUT2D eigenvalue weighted by Gasteiger charge is 2.09. The topological polar surface area (TPSA) is 26.0 Å². The molecule has 1 heteroatoms. The van der Waals surface area contributed by atoms with Gasteiger partial charge >= 0.3 is 0 Å². The summed E-state index contributed by atoms with van der Waals surface area (Å²) >= 11 is 0. The minimum absolute atomic E-state index is 0.0325. The summed E-state index contributed by atoms with van der Waals surface area (Å²) in [5, 5.41) is 0. The molecule has 1 nitrogen and oxygen atoms in total. The van der Waals surface area contributed by atoms with Crippen LogP contribution in [0.2, 0.25) is 0 Å². The number of hydrogen-bond donors (Lipinski definition) is 1. The number of hydrogen-bond acceptors (Lipinski definition) is 1. The Morgan fingerprint density at radius 1 is 0.765 bits per heavy atom. The molecule has 2 aromatic carbocycles. The van der Waals surface area contributed by atoms with Gasteiger partial charge in [-0.1, -0.05) is 48.0 Å². The lowest BCUT2D eigenvalue weighted by atomic mass is 9.96. The van der Waals surface area contributed by atoms with Gasteiger partial charge in [-0.3, -0.25) is 0 Å². The molecule has 0 heterocycles. The molecular weight excluding hydrogens is 206 g/mol. The standard InChI is InChI=1S/C16H19N/c1-11-4-7-14(8-5-11)16(17)15-9-6-12(2)13(3)10-15/h4-10,16H,17H2,1-3H3. The third-order valence-corrected chi connectivity index (χ3v) is 3.33. The van der Waals surface area contributed by atoms with Gasteiger partial charge in [0.2, 0.25) is 0 Å². The Kier molecular flexibility index (Phi) is 3.30. The Labute approximate surface area is 103 Å². The third-order valence-electron chi connectivity index (χ3n) is 3.33. The van der Waals surface area contributed by atoms with E-state index in [0.29, 0.717) is 0 Å². The van der Waals surface area contributed by atoms with Gasteiger partial charge in [0.1, 0.15) is 0 Å². The van der Waals surface area contributed by atoms with E-state index in [1.165, 1.54) is 27.8 Å². The zero-order chi connectivity index (χ0) is 12.4. The Morgan fingerprint density at radius 2 is 1.35 bits per heavy atom. The average molecular weight is 225 g/mol. The summed E-state index contributed by atoms with van der Waals surface area (Å²) in [6.45, 7) is 6.34. The molecule has 2 aromatic rings. The lowest BCUT2D eigenvalue weighted by molar-refractivity contribution is 0.868. The van der Waals surface area contributed by atoms with Crippen LogP contribution in [-0.4, -0.2) is 0 Å². The fourth-order valence-electron chi connectivity index (χ4n) is 1.92. The van der Waals surface area contributed by atoms with E-state index in [-0.39, 0.29) is 6.04 Å². The van der Waals surface area contributed by atoms with Crippen molar-refractivity contribution in [1.82, 2.24) is 0 Å². The van der Waals surface area contributed by atoms with Gasteiger partial charge in [-0.2, -0.15) is 0 Å². The van der Waals surface area contributed by atoms with Gasteiger partial charge in [0.15, 0.2) is 0 Å². The van der Waals surface area contributed by atoms with Gasteiger partial charge < -0.3 is 5.73 Å². The van der Waals surface area contributed by atoms with E-state index < -0.39 is 0 Å². The lowest BCUT2D eigenvalue weighted by Crippen LogP contribution is -2.12. The van der Waals surface area contributed by atoms with Crippen LogP contribution >= 0.6 is 0 Å². The highest BCUT2D eigenvalue weighted by molar-refractivity contribution is 5.37. The predicted octanol–water partition coefficient (Wildman–Crippen LogP) is 3.66. The van der Waals surface area contributed by atoms with E-state index in [1.54, 1.807) is 0 Å². The molecule has 0 radical (unpaired) electrons. The quantitative estimate of drug-likeness (QED) is 0.829. The normalized spacial score (nSPS) is 12.5. The van der Waals surface area contributed by atoms with Gasteiger partial charge in [-0.25, -0.2) is 0 Å². The number of rotatable bonds is 2. The van der Waals surface area contributed by atoms with Gasteiger partial charge in [-0.15, -0.1) is 0 Å². The van der Waals surface area contributed by atoms with Crippen molar-refractivity contribution in [2.24, 2.45) is 5.73 Å². The van der Waals surface area contributed by atoms with Crippen LogP contribution in [0.15, 0.2) is 42.5 Å². The number of benzene rings is 2. The third kappa shape index (κ3) is 2.56. The highest BCUT2D eigenvalue weighted by atomic mass is 14.6. The van der Waals surface area contributed by atoms with Crippen LogP contribution in [0.3, 0.4) is 0 Å². The van der Waals surface area contributed by atoms with Crippen LogP contribution in [0.5, 0.6) is 0 Å². The van der Waals surface area contributed by atoms with Crippen molar-refractivity contribution in [3.63, 3.8) is 0 Å². The number of aryl methyl sites for hydroxylation is 3. The SMILES string of the molecule is Cc1ccc(C(N)c2ccc(C)c(C)c2)cc1. The Bertz CT molecular complexity index is 512. The number of nitrogens with two attached hydrogens (primary N) is 1. The summed E-state index contributed by atoms with van der Waals surface area (Å²) in [6, 6.07) is 14.8. The van der Waals surface area contributed by atoms with Gasteiger partial charge in [-0.05, 0) is 43.0 Å². The summed E-state index contributed by atoms with van der Waals surface area (Å²) in [6.07, 6.45) is 0. The summed E-state index contributed by atoms with van der Waals surface area (Å²) in [5.41, 5.74) is 12.5. The molecule has 2 rings (SSSR count). The van der Waals surface area contributed by atoms with Crippen LogP contribution in [0.1, 0.15) is 33.9 Å². The molecule has 2 N–H and O–H groups in total. The molecule has 0 aliphatic heterocycles. The second kappa shape index (κ2) is 4.72. The van der Waals surface area contributed by atoms with Crippen LogP contribution < -0.4 is 5.73 Å². The first-order valence-corrected chi connectivity index (χ1v) is 5.97. The molecule has 1 unspecified atom stereocenters. The Morgan fingerprint density at radius 3 is 1.94 bits per heavy atom. The van der Waals surface area contributed by atoms with E-state index in [0.717, 1.165) is 0 Å². The van der Waals surface area contributed by atoms with Gasteiger partial charge in [0, 0.05) is 0 Å². The van der Waals surface area contributed by atoms with Crippen LogP contribution in [0.4, 0.5) is 0 Å². The van der Waals surface area contributed by atoms with Gasteiger partial charge in [0.25, 0.3) is 0 Å². The summed E-state index contributed by atoms with van der Waals surface area (Å²) in [5.74, 6) is 0. The first kappa shape index (κ1) is 11.9. The van der Waals surface area contributed by atoms with E-state index in [2.05, 4.69) is 63.2 Å². The van der Waals surface area contributed by atoms with Gasteiger partial charge in [0.05, 0.1) is 6.04 Å². The lowest BCUT2D eigenvalue weighted by Gasteiger charge is -2.14. The zero-order valence-corrected chi connectivity index (χ0v) is 10.7. The summed E-state index contributed by atoms with van der Waals surface area (Å²) in [4.78, 5) is 0. The molecule has 0 spiro atoms. The summed E-state index contributed by atoms with van der Waals surface area (Å²) < 4.78 is 0. The molecular formula is C16H19N. The van der Waals surface area contributed by atoms with E-state index in [9.17, 15) is 0 Å². The maximum atomic E-state index is 6.29. The van der Waals surface area contributed by atoms with Crippen molar-refractivity contribution in [1.29, 1.82) is 0 Å². The molecule has 0 amide bonds. The predicted molar refractivity (Wildman–Crippen MR) is 73.1 cm³/mol. The van der Waals surface area contributed by atoms with Crippen molar-refractivity contribution < 1.29 is 0 Å². The molecule has 0 aromatic heterocycles. The maximum absolute atomic E-state index is 6.29. The van der Waals surface area contributed by atoms with Crippen molar-refractivity contribution in [3.8, 4) is 0 Å². The second-order valence-corrected chi connectivity index (χ2v) is 4.73. The molecule has 1 atom stereocenters. The first-order valence-electron chi connectivity index (χ1n) is 5.97. The van der Waals surface area contributed by atoms with Crippen molar-refractivity contribution in [2.75, 3.05) is 0 Å².